The van der Waals surface area contributed by atoms with Crippen LogP contribution in [0.5, 0.6) is 0 Å². The highest BCUT2D eigenvalue weighted by Gasteiger charge is 2.25. The molecule has 0 bridgehead atoms. The molecule has 9 heteroatoms. The molecule has 128 valence electrons. The summed E-state index contributed by atoms with van der Waals surface area (Å²) < 4.78 is 60.1. The van der Waals surface area contributed by atoms with Crippen LogP contribution in [0.2, 0.25) is 0 Å². The zero-order chi connectivity index (χ0) is 16.4. The average Bonchev–Trinajstić information content (AvgIpc) is 2.30. The molecule has 0 aromatic heterocycles. The zero-order valence-corrected chi connectivity index (χ0v) is 14.3. The third-order valence-corrected chi connectivity index (χ3v) is 4.78. The lowest BCUT2D eigenvalue weighted by molar-refractivity contribution is 0.161. The second-order valence-corrected chi connectivity index (χ2v) is 7.38. The van der Waals surface area contributed by atoms with Crippen LogP contribution in [0.15, 0.2) is 0 Å². The van der Waals surface area contributed by atoms with E-state index in [1.807, 2.05) is 6.92 Å². The molecule has 0 saturated carbocycles. The summed E-state index contributed by atoms with van der Waals surface area (Å²) in [5, 5.41) is 0. The molecule has 0 heterocycles. The maximum atomic E-state index is 11.3. The lowest BCUT2D eigenvalue weighted by Gasteiger charge is -2.15. The van der Waals surface area contributed by atoms with Gasteiger partial charge in [-0.15, -0.1) is 3.63 Å². The Morgan fingerprint density at radius 2 is 1.43 bits per heavy atom. The minimum atomic E-state index is -5.09. The fourth-order valence-corrected chi connectivity index (χ4v) is 3.50. The molecule has 1 N–H and O–H groups in total. The maximum Gasteiger partial charge on any atom is 0.416 e. The lowest BCUT2D eigenvalue weighted by Crippen LogP contribution is -2.22. The number of hydrogen-bond acceptors (Lipinski definition) is 6. The smallest absolute Gasteiger partial charge is 0.263 e. The normalized spacial score (nSPS) is 14.2. The van der Waals surface area contributed by atoms with Crippen LogP contribution >= 0.6 is 0 Å². The Kier molecular flexibility index (Phi) is 10.4. The third kappa shape index (κ3) is 13.2. The molecule has 0 amide bonds. The zero-order valence-electron chi connectivity index (χ0n) is 12.7. The van der Waals surface area contributed by atoms with Gasteiger partial charge in [0.15, 0.2) is 0 Å². The minimum absolute atomic E-state index is 0.475. The Labute approximate surface area is 128 Å². The van der Waals surface area contributed by atoms with E-state index in [1.165, 1.54) is 6.42 Å². The molecule has 0 aromatic carbocycles. The quantitative estimate of drug-likeness (QED) is 0.403. The van der Waals surface area contributed by atoms with Gasteiger partial charge in [-0.05, 0) is 12.8 Å². The summed E-state index contributed by atoms with van der Waals surface area (Å²) in [6, 6.07) is 0. The van der Waals surface area contributed by atoms with Gasteiger partial charge in [0, 0.05) is 0 Å². The molecule has 7 nitrogen and oxygen atoms in total. The molecular weight excluding hydrogens is 320 g/mol. The van der Waals surface area contributed by atoms with Crippen molar-refractivity contribution in [3.05, 3.63) is 0 Å². The van der Waals surface area contributed by atoms with Gasteiger partial charge < -0.3 is 0 Å². The van der Waals surface area contributed by atoms with Crippen LogP contribution < -0.4 is 0 Å². The first-order valence-corrected chi connectivity index (χ1v) is 10.0. The number of hydrogen-bond donors (Lipinski definition) is 1. The summed E-state index contributed by atoms with van der Waals surface area (Å²) in [6.45, 7) is 4.00. The second-order valence-electron chi connectivity index (χ2n) is 4.97. The fraction of sp³-hybridized carbons (Fsp3) is 1.00. The molecule has 0 fully saturated rings. The molecule has 1 atom stereocenters. The van der Waals surface area contributed by atoms with E-state index < -0.39 is 26.9 Å². The highest BCUT2D eigenvalue weighted by Crippen LogP contribution is 2.17. The summed E-state index contributed by atoms with van der Waals surface area (Å²) in [4.78, 5) is 0. The molecule has 0 radical (unpaired) electrons. The van der Waals surface area contributed by atoms with Crippen LogP contribution in [-0.4, -0.2) is 27.5 Å². The van der Waals surface area contributed by atoms with Crippen LogP contribution in [-0.2, 0) is 28.6 Å². The SMILES string of the molecule is CCCCCCCCC(CCC)OS(=O)(=O)OS(=O)(=O)O. The molecular formula is C12H26O7S2. The fourth-order valence-electron chi connectivity index (χ4n) is 2.00. The van der Waals surface area contributed by atoms with E-state index in [4.69, 9.17) is 8.74 Å². The van der Waals surface area contributed by atoms with E-state index in [9.17, 15) is 16.8 Å². The first kappa shape index (κ1) is 20.8. The molecule has 0 saturated heterocycles. The number of unbranched alkanes of at least 4 members (excludes halogenated alkanes) is 5. The van der Waals surface area contributed by atoms with Gasteiger partial charge >= 0.3 is 20.8 Å². The molecule has 0 aliphatic carbocycles. The molecule has 0 aliphatic heterocycles. The predicted octanol–water partition coefficient (Wildman–Crippen LogP) is 2.99. The van der Waals surface area contributed by atoms with Crippen LogP contribution in [0.4, 0.5) is 0 Å². The van der Waals surface area contributed by atoms with Crippen molar-refractivity contribution in [3.8, 4) is 0 Å². The Morgan fingerprint density at radius 1 is 0.857 bits per heavy atom. The van der Waals surface area contributed by atoms with Crippen molar-refractivity contribution in [1.82, 2.24) is 0 Å². The highest BCUT2D eigenvalue weighted by molar-refractivity contribution is 7.94. The van der Waals surface area contributed by atoms with E-state index in [1.54, 1.807) is 0 Å². The van der Waals surface area contributed by atoms with Crippen molar-refractivity contribution in [1.29, 1.82) is 0 Å². The molecule has 0 rings (SSSR count). The molecule has 1 unspecified atom stereocenters. The first-order valence-electron chi connectivity index (χ1n) is 7.32. The Balaban J connectivity index is 4.23. The number of rotatable bonds is 13. The van der Waals surface area contributed by atoms with E-state index in [0.717, 1.165) is 32.1 Å². The van der Waals surface area contributed by atoms with Crippen molar-refractivity contribution in [2.24, 2.45) is 0 Å². The summed E-state index contributed by atoms with van der Waals surface area (Å²) in [5.74, 6) is 0. The van der Waals surface area contributed by atoms with Crippen molar-refractivity contribution in [2.45, 2.75) is 77.7 Å². The summed E-state index contributed by atoms with van der Waals surface area (Å²) >= 11 is 0. The standard InChI is InChI=1S/C12H26O7S2/c1-3-5-6-7-8-9-11-12(10-4-2)18-21(16,17)19-20(13,14)15/h12H,3-11H2,1-2H3,(H,13,14,15). The van der Waals surface area contributed by atoms with Crippen molar-refractivity contribution >= 4 is 20.8 Å². The van der Waals surface area contributed by atoms with Gasteiger partial charge in [0.25, 0.3) is 0 Å². The minimum Gasteiger partial charge on any atom is -0.263 e. The van der Waals surface area contributed by atoms with Gasteiger partial charge in [0.1, 0.15) is 0 Å². The monoisotopic (exact) mass is 346 g/mol. The van der Waals surface area contributed by atoms with E-state index in [-0.39, 0.29) is 0 Å². The van der Waals surface area contributed by atoms with Crippen molar-refractivity contribution in [2.75, 3.05) is 0 Å². The van der Waals surface area contributed by atoms with Gasteiger partial charge in [-0.1, -0.05) is 58.8 Å². The van der Waals surface area contributed by atoms with Crippen molar-refractivity contribution in [3.63, 3.8) is 0 Å². The van der Waals surface area contributed by atoms with Crippen LogP contribution in [0.1, 0.15) is 71.6 Å². The van der Waals surface area contributed by atoms with E-state index in [2.05, 4.69) is 10.6 Å². The molecule has 21 heavy (non-hydrogen) atoms. The predicted molar refractivity (Wildman–Crippen MR) is 79.3 cm³/mol. The Bertz CT molecular complexity index is 456. The Morgan fingerprint density at radius 3 is 1.95 bits per heavy atom. The highest BCUT2D eigenvalue weighted by atomic mass is 32.3. The Hall–Kier alpha value is -0.220. The van der Waals surface area contributed by atoms with E-state index >= 15 is 0 Å². The van der Waals surface area contributed by atoms with Gasteiger partial charge in [0.05, 0.1) is 6.10 Å². The van der Waals surface area contributed by atoms with Crippen LogP contribution in [0.3, 0.4) is 0 Å². The average molecular weight is 346 g/mol. The van der Waals surface area contributed by atoms with Crippen LogP contribution in [0, 0.1) is 0 Å². The second kappa shape index (κ2) is 10.5. The van der Waals surface area contributed by atoms with Gasteiger partial charge in [-0.3, -0.25) is 4.55 Å². The maximum absolute atomic E-state index is 11.3. The largest absolute Gasteiger partial charge is 0.416 e. The summed E-state index contributed by atoms with van der Waals surface area (Å²) in [5.41, 5.74) is 0. The first-order chi connectivity index (χ1) is 9.70. The van der Waals surface area contributed by atoms with Gasteiger partial charge in [-0.25, -0.2) is 4.18 Å². The van der Waals surface area contributed by atoms with Crippen molar-refractivity contribution < 1.29 is 29.2 Å². The summed E-state index contributed by atoms with van der Waals surface area (Å²) in [6.07, 6.45) is 7.41. The lowest BCUT2D eigenvalue weighted by atomic mass is 10.0. The topological polar surface area (TPSA) is 107 Å². The molecule has 0 aromatic rings. The molecule has 0 spiro atoms. The van der Waals surface area contributed by atoms with E-state index in [0.29, 0.717) is 19.3 Å². The van der Waals surface area contributed by atoms with Gasteiger partial charge in [0.2, 0.25) is 0 Å². The third-order valence-electron chi connectivity index (χ3n) is 2.91. The molecule has 0 aliphatic rings. The van der Waals surface area contributed by atoms with Gasteiger partial charge in [-0.2, -0.15) is 16.8 Å². The summed E-state index contributed by atoms with van der Waals surface area (Å²) in [7, 11) is -9.84. The van der Waals surface area contributed by atoms with Crippen LogP contribution in [0.25, 0.3) is 0 Å².